The Bertz CT molecular complexity index is 297. The molecule has 2 atom stereocenters. The highest BCUT2D eigenvalue weighted by atomic mass is 19.4. The molecule has 1 aliphatic rings. The lowest BCUT2D eigenvalue weighted by Crippen LogP contribution is -2.48. The van der Waals surface area contributed by atoms with Crippen molar-refractivity contribution in [2.45, 2.75) is 44.3 Å². The van der Waals surface area contributed by atoms with Crippen LogP contribution in [0.2, 0.25) is 0 Å². The molecule has 0 radical (unpaired) electrons. The summed E-state index contributed by atoms with van der Waals surface area (Å²) in [6.45, 7) is -2.11. The van der Waals surface area contributed by atoms with Crippen LogP contribution in [0.5, 0.6) is 0 Å². The summed E-state index contributed by atoms with van der Waals surface area (Å²) in [5.74, 6) is -1.14. The second-order valence-corrected chi connectivity index (χ2v) is 5.01. The van der Waals surface area contributed by atoms with Crippen LogP contribution in [0.1, 0.15) is 32.1 Å². The maximum atomic E-state index is 12.4. The van der Waals surface area contributed by atoms with E-state index in [1.54, 1.807) is 0 Å². The topological polar surface area (TPSA) is 66.6 Å². The van der Waals surface area contributed by atoms with Crippen molar-refractivity contribution in [1.29, 1.82) is 0 Å². The van der Waals surface area contributed by atoms with Crippen LogP contribution in [0, 0.1) is 5.92 Å². The zero-order valence-electron chi connectivity index (χ0n) is 10.8. The van der Waals surface area contributed by atoms with Gasteiger partial charge in [0.05, 0.1) is 12.5 Å². The second kappa shape index (κ2) is 7.09. The highest BCUT2D eigenvalue weighted by Gasteiger charge is 2.37. The average molecular weight is 282 g/mol. The summed E-state index contributed by atoms with van der Waals surface area (Å²) in [4.78, 5) is 12.8. The quantitative estimate of drug-likeness (QED) is 0.763. The summed E-state index contributed by atoms with van der Waals surface area (Å²) >= 11 is 0. The van der Waals surface area contributed by atoms with Crippen molar-refractivity contribution >= 4 is 5.91 Å². The maximum absolute atomic E-state index is 12.4. The third-order valence-corrected chi connectivity index (χ3v) is 3.44. The van der Waals surface area contributed by atoms with E-state index in [-0.39, 0.29) is 12.6 Å². The molecule has 112 valence electrons. The number of alkyl halides is 3. The minimum absolute atomic E-state index is 0.304. The van der Waals surface area contributed by atoms with E-state index in [2.05, 4.69) is 0 Å². The summed E-state index contributed by atoms with van der Waals surface area (Å²) in [6, 6.07) is -0.385. The van der Waals surface area contributed by atoms with Gasteiger partial charge in [-0.25, -0.2) is 0 Å². The fourth-order valence-corrected chi connectivity index (χ4v) is 2.48. The number of hydrogen-bond donors (Lipinski definition) is 2. The number of aliphatic hydroxyl groups excluding tert-OH is 1. The van der Waals surface area contributed by atoms with Gasteiger partial charge in [-0.3, -0.25) is 4.79 Å². The van der Waals surface area contributed by atoms with Crippen molar-refractivity contribution in [3.05, 3.63) is 0 Å². The van der Waals surface area contributed by atoms with Crippen LogP contribution in [0.3, 0.4) is 0 Å². The van der Waals surface area contributed by atoms with Crippen molar-refractivity contribution in [1.82, 2.24) is 4.90 Å². The fourth-order valence-electron chi connectivity index (χ4n) is 2.48. The van der Waals surface area contributed by atoms with E-state index in [0.29, 0.717) is 17.7 Å². The lowest BCUT2D eigenvalue weighted by molar-refractivity contribution is -0.165. The number of carbonyl (C=O) groups excluding carboxylic acids is 1. The van der Waals surface area contributed by atoms with Crippen LogP contribution in [-0.4, -0.2) is 47.8 Å². The Morgan fingerprint density at radius 1 is 1.26 bits per heavy atom. The predicted molar refractivity (Wildman–Crippen MR) is 64.3 cm³/mol. The molecule has 0 spiro atoms. The Kier molecular flexibility index (Phi) is 6.06. The van der Waals surface area contributed by atoms with E-state index in [0.717, 1.165) is 19.3 Å². The zero-order chi connectivity index (χ0) is 14.5. The summed E-state index contributed by atoms with van der Waals surface area (Å²) in [6.07, 6.45) is -0.598. The first-order chi connectivity index (χ1) is 8.85. The van der Waals surface area contributed by atoms with Gasteiger partial charge in [0.1, 0.15) is 6.54 Å². The SMILES string of the molecule is NC1CCCCCC1C(=O)N(CCO)CC(F)(F)F. The molecule has 1 saturated carbocycles. The first-order valence-corrected chi connectivity index (χ1v) is 6.57. The molecule has 19 heavy (non-hydrogen) atoms. The molecule has 0 aromatic heterocycles. The van der Waals surface area contributed by atoms with Gasteiger partial charge in [0.15, 0.2) is 0 Å². The van der Waals surface area contributed by atoms with Crippen LogP contribution >= 0.6 is 0 Å². The third kappa shape index (κ3) is 5.36. The Hall–Kier alpha value is -0.820. The zero-order valence-corrected chi connectivity index (χ0v) is 10.8. The largest absolute Gasteiger partial charge is 0.406 e. The predicted octanol–water partition coefficient (Wildman–Crippen LogP) is 1.28. The number of nitrogens with zero attached hydrogens (tertiary/aromatic N) is 1. The molecule has 0 bridgehead atoms. The van der Waals surface area contributed by atoms with Gasteiger partial charge < -0.3 is 15.7 Å². The lowest BCUT2D eigenvalue weighted by Gasteiger charge is -2.29. The highest BCUT2D eigenvalue weighted by molar-refractivity contribution is 5.79. The number of amides is 1. The lowest BCUT2D eigenvalue weighted by atomic mass is 9.94. The number of nitrogens with two attached hydrogens (primary N) is 1. The van der Waals surface area contributed by atoms with Crippen molar-refractivity contribution in [2.75, 3.05) is 19.7 Å². The first kappa shape index (κ1) is 16.2. The third-order valence-electron chi connectivity index (χ3n) is 3.44. The van der Waals surface area contributed by atoms with Crippen molar-refractivity contribution in [3.63, 3.8) is 0 Å². The van der Waals surface area contributed by atoms with E-state index in [1.807, 2.05) is 0 Å². The van der Waals surface area contributed by atoms with Gasteiger partial charge in [-0.05, 0) is 12.8 Å². The highest BCUT2D eigenvalue weighted by Crippen LogP contribution is 2.25. The Morgan fingerprint density at radius 3 is 2.47 bits per heavy atom. The molecule has 0 aliphatic heterocycles. The molecule has 1 fully saturated rings. The Labute approximate surface area is 110 Å². The van der Waals surface area contributed by atoms with Gasteiger partial charge in [-0.1, -0.05) is 19.3 Å². The first-order valence-electron chi connectivity index (χ1n) is 6.57. The van der Waals surface area contributed by atoms with E-state index in [4.69, 9.17) is 10.8 Å². The second-order valence-electron chi connectivity index (χ2n) is 5.01. The van der Waals surface area contributed by atoms with Crippen LogP contribution in [0.25, 0.3) is 0 Å². The smallest absolute Gasteiger partial charge is 0.395 e. The molecule has 0 aromatic rings. The van der Waals surface area contributed by atoms with E-state index in [9.17, 15) is 18.0 Å². The molecule has 2 unspecified atom stereocenters. The minimum Gasteiger partial charge on any atom is -0.395 e. The number of hydrogen-bond acceptors (Lipinski definition) is 3. The van der Waals surface area contributed by atoms with Crippen molar-refractivity contribution < 1.29 is 23.1 Å². The molecule has 1 rings (SSSR count). The van der Waals surface area contributed by atoms with E-state index < -0.39 is 31.2 Å². The fraction of sp³-hybridized carbons (Fsp3) is 0.917. The van der Waals surface area contributed by atoms with Crippen molar-refractivity contribution in [3.8, 4) is 0 Å². The van der Waals surface area contributed by atoms with E-state index >= 15 is 0 Å². The van der Waals surface area contributed by atoms with Gasteiger partial charge in [-0.15, -0.1) is 0 Å². The maximum Gasteiger partial charge on any atom is 0.406 e. The monoisotopic (exact) mass is 282 g/mol. The van der Waals surface area contributed by atoms with Crippen molar-refractivity contribution in [2.24, 2.45) is 11.7 Å². The molecular formula is C12H21F3N2O2. The normalized spacial score (nSPS) is 24.9. The molecule has 0 aromatic carbocycles. The Morgan fingerprint density at radius 2 is 1.89 bits per heavy atom. The molecule has 4 nitrogen and oxygen atoms in total. The van der Waals surface area contributed by atoms with Crippen LogP contribution in [-0.2, 0) is 4.79 Å². The summed E-state index contributed by atoms with van der Waals surface area (Å²) < 4.78 is 37.3. The molecule has 0 heterocycles. The number of rotatable bonds is 4. The van der Waals surface area contributed by atoms with Gasteiger partial charge in [-0.2, -0.15) is 13.2 Å². The Balaban J connectivity index is 2.73. The molecule has 1 aliphatic carbocycles. The average Bonchev–Trinajstić information content (AvgIpc) is 2.51. The molecular weight excluding hydrogens is 261 g/mol. The van der Waals surface area contributed by atoms with Crippen LogP contribution < -0.4 is 5.73 Å². The summed E-state index contributed by atoms with van der Waals surface area (Å²) in [5.41, 5.74) is 5.89. The summed E-state index contributed by atoms with van der Waals surface area (Å²) in [7, 11) is 0. The number of aliphatic hydroxyl groups is 1. The molecule has 0 saturated heterocycles. The van der Waals surface area contributed by atoms with Gasteiger partial charge in [0, 0.05) is 12.6 Å². The van der Waals surface area contributed by atoms with Gasteiger partial charge in [0.25, 0.3) is 0 Å². The number of halogens is 3. The minimum atomic E-state index is -4.46. The van der Waals surface area contributed by atoms with Crippen LogP contribution in [0.15, 0.2) is 0 Å². The van der Waals surface area contributed by atoms with Gasteiger partial charge in [0.2, 0.25) is 5.91 Å². The van der Waals surface area contributed by atoms with Gasteiger partial charge >= 0.3 is 6.18 Å². The molecule has 3 N–H and O–H groups in total. The molecule has 7 heteroatoms. The number of carbonyl (C=O) groups is 1. The standard InChI is InChI=1S/C12H21F3N2O2/c13-12(14,15)8-17(6-7-18)11(19)9-4-2-1-3-5-10(9)16/h9-10,18H,1-8,16H2. The summed E-state index contributed by atoms with van der Waals surface area (Å²) in [5, 5.41) is 8.81. The van der Waals surface area contributed by atoms with Crippen LogP contribution in [0.4, 0.5) is 13.2 Å². The van der Waals surface area contributed by atoms with E-state index in [1.165, 1.54) is 0 Å². The molecule has 1 amide bonds.